The standard InChI is InChI=1S/C10H15NO.C2H6/c1-9-10(2,3)5-7-12-8-6-11(9)4;1-2/h5-8H,1H2,2-4H3;1-2H3/b7-5-,8-6-;. The first-order valence-electron chi connectivity index (χ1n) is 4.96. The van der Waals surface area contributed by atoms with Gasteiger partial charge in [0.1, 0.15) is 6.26 Å². The highest BCUT2D eigenvalue weighted by molar-refractivity contribution is 5.17. The Balaban J connectivity index is 0.000000791. The van der Waals surface area contributed by atoms with E-state index in [4.69, 9.17) is 4.74 Å². The van der Waals surface area contributed by atoms with Crippen molar-refractivity contribution in [1.29, 1.82) is 0 Å². The van der Waals surface area contributed by atoms with Crippen LogP contribution in [0.2, 0.25) is 0 Å². The molecule has 0 bridgehead atoms. The maximum atomic E-state index is 5.08. The Morgan fingerprint density at radius 1 is 1.29 bits per heavy atom. The zero-order valence-electron chi connectivity index (χ0n) is 9.87. The fourth-order valence-electron chi connectivity index (χ4n) is 1.02. The molecule has 1 rings (SSSR count). The second kappa shape index (κ2) is 5.53. The average Bonchev–Trinajstić information content (AvgIpc) is 2.17. The molecule has 14 heavy (non-hydrogen) atoms. The van der Waals surface area contributed by atoms with Crippen molar-refractivity contribution in [1.82, 2.24) is 4.90 Å². The number of hydrogen-bond acceptors (Lipinski definition) is 2. The summed E-state index contributed by atoms with van der Waals surface area (Å²) in [5.74, 6) is 0. The third-order valence-electron chi connectivity index (χ3n) is 2.10. The van der Waals surface area contributed by atoms with Crippen LogP contribution in [0.15, 0.2) is 37.1 Å². The molecule has 1 aliphatic heterocycles. The number of rotatable bonds is 0. The molecule has 0 saturated carbocycles. The Morgan fingerprint density at radius 2 is 1.86 bits per heavy atom. The monoisotopic (exact) mass is 195 g/mol. The third-order valence-corrected chi connectivity index (χ3v) is 2.10. The fourth-order valence-corrected chi connectivity index (χ4v) is 1.02. The summed E-state index contributed by atoms with van der Waals surface area (Å²) in [6.45, 7) is 12.2. The maximum absolute atomic E-state index is 5.08. The van der Waals surface area contributed by atoms with Crippen LogP contribution in [0.1, 0.15) is 27.7 Å². The molecule has 0 amide bonds. The van der Waals surface area contributed by atoms with Crippen LogP contribution >= 0.6 is 0 Å². The van der Waals surface area contributed by atoms with Crippen LogP contribution in [0.25, 0.3) is 0 Å². The summed E-state index contributed by atoms with van der Waals surface area (Å²) in [6.07, 6.45) is 7.18. The van der Waals surface area contributed by atoms with E-state index in [1.165, 1.54) is 0 Å². The van der Waals surface area contributed by atoms with Gasteiger partial charge in [-0.3, -0.25) is 0 Å². The molecule has 1 aliphatic rings. The minimum Gasteiger partial charge on any atom is -0.471 e. The van der Waals surface area contributed by atoms with Crippen molar-refractivity contribution in [2.75, 3.05) is 7.05 Å². The van der Waals surface area contributed by atoms with Crippen LogP contribution in [0.3, 0.4) is 0 Å². The van der Waals surface area contributed by atoms with Crippen LogP contribution in [-0.2, 0) is 4.74 Å². The minimum absolute atomic E-state index is 0.0422. The number of ether oxygens (including phenoxy) is 1. The molecule has 0 aromatic rings. The zero-order valence-corrected chi connectivity index (χ0v) is 9.87. The van der Waals surface area contributed by atoms with Gasteiger partial charge in [0.2, 0.25) is 0 Å². The third kappa shape index (κ3) is 3.29. The summed E-state index contributed by atoms with van der Waals surface area (Å²) >= 11 is 0. The number of allylic oxidation sites excluding steroid dienone is 1. The highest BCUT2D eigenvalue weighted by Crippen LogP contribution is 2.29. The molecule has 0 radical (unpaired) electrons. The van der Waals surface area contributed by atoms with E-state index in [9.17, 15) is 0 Å². The van der Waals surface area contributed by atoms with Gasteiger partial charge in [-0.05, 0) is 6.08 Å². The lowest BCUT2D eigenvalue weighted by Gasteiger charge is -2.30. The van der Waals surface area contributed by atoms with Gasteiger partial charge in [-0.2, -0.15) is 0 Å². The average molecular weight is 195 g/mol. The lowest BCUT2D eigenvalue weighted by Crippen LogP contribution is -2.23. The van der Waals surface area contributed by atoms with Crippen LogP contribution in [0.5, 0.6) is 0 Å². The zero-order chi connectivity index (χ0) is 11.2. The molecule has 2 nitrogen and oxygen atoms in total. The molecule has 2 heteroatoms. The predicted molar refractivity (Wildman–Crippen MR) is 61.4 cm³/mol. The van der Waals surface area contributed by atoms with E-state index in [0.717, 1.165) is 5.70 Å². The second-order valence-corrected chi connectivity index (χ2v) is 3.50. The Morgan fingerprint density at radius 3 is 2.43 bits per heavy atom. The summed E-state index contributed by atoms with van der Waals surface area (Å²) in [7, 11) is 1.96. The quantitative estimate of drug-likeness (QED) is 0.586. The van der Waals surface area contributed by atoms with Crippen LogP contribution in [0.4, 0.5) is 0 Å². The van der Waals surface area contributed by atoms with E-state index in [-0.39, 0.29) is 5.41 Å². The maximum Gasteiger partial charge on any atom is 0.106 e. The Bertz CT molecular complexity index is 239. The molecule has 0 aromatic heterocycles. The predicted octanol–water partition coefficient (Wildman–Crippen LogP) is 3.50. The lowest BCUT2D eigenvalue weighted by atomic mass is 9.89. The van der Waals surface area contributed by atoms with Crippen molar-refractivity contribution in [3.8, 4) is 0 Å². The molecule has 0 aromatic carbocycles. The molecule has 0 spiro atoms. The van der Waals surface area contributed by atoms with E-state index in [0.29, 0.717) is 0 Å². The molecular formula is C12H21NO. The Kier molecular flexibility index (Phi) is 5.06. The first-order valence-corrected chi connectivity index (χ1v) is 4.96. The summed E-state index contributed by atoms with van der Waals surface area (Å²) in [4.78, 5) is 1.96. The lowest BCUT2D eigenvalue weighted by molar-refractivity contribution is 0.340. The van der Waals surface area contributed by atoms with Crippen LogP contribution in [-0.4, -0.2) is 11.9 Å². The van der Waals surface area contributed by atoms with Gasteiger partial charge in [-0.15, -0.1) is 0 Å². The van der Waals surface area contributed by atoms with Crippen LogP contribution < -0.4 is 0 Å². The van der Waals surface area contributed by atoms with Gasteiger partial charge in [-0.1, -0.05) is 34.3 Å². The van der Waals surface area contributed by atoms with E-state index < -0.39 is 0 Å². The molecule has 0 atom stereocenters. The summed E-state index contributed by atoms with van der Waals surface area (Å²) in [6, 6.07) is 0. The van der Waals surface area contributed by atoms with Gasteiger partial charge in [0.05, 0.1) is 6.26 Å². The molecule has 0 saturated heterocycles. The second-order valence-electron chi connectivity index (χ2n) is 3.50. The van der Waals surface area contributed by atoms with Gasteiger partial charge in [0.25, 0.3) is 0 Å². The molecule has 1 heterocycles. The number of nitrogens with zero attached hydrogens (tertiary/aromatic N) is 1. The van der Waals surface area contributed by atoms with E-state index in [2.05, 4.69) is 20.4 Å². The van der Waals surface area contributed by atoms with Crippen molar-refractivity contribution in [2.24, 2.45) is 5.41 Å². The number of hydrogen-bond donors (Lipinski definition) is 0. The fraction of sp³-hybridized carbons (Fsp3) is 0.500. The smallest absolute Gasteiger partial charge is 0.106 e. The summed E-state index contributed by atoms with van der Waals surface area (Å²) < 4.78 is 5.08. The van der Waals surface area contributed by atoms with E-state index in [1.54, 1.807) is 12.5 Å². The molecular weight excluding hydrogens is 174 g/mol. The first-order chi connectivity index (χ1) is 6.54. The van der Waals surface area contributed by atoms with Gasteiger partial charge < -0.3 is 9.64 Å². The van der Waals surface area contributed by atoms with Crippen molar-refractivity contribution in [3.63, 3.8) is 0 Å². The van der Waals surface area contributed by atoms with Crippen molar-refractivity contribution >= 4 is 0 Å². The molecule has 0 N–H and O–H groups in total. The van der Waals surface area contributed by atoms with Crippen molar-refractivity contribution in [3.05, 3.63) is 37.1 Å². The van der Waals surface area contributed by atoms with E-state index >= 15 is 0 Å². The Hall–Kier alpha value is -1.18. The van der Waals surface area contributed by atoms with Crippen molar-refractivity contribution in [2.45, 2.75) is 27.7 Å². The highest BCUT2D eigenvalue weighted by Gasteiger charge is 2.21. The van der Waals surface area contributed by atoms with Gasteiger partial charge in [0, 0.05) is 24.4 Å². The normalized spacial score (nSPS) is 23.5. The summed E-state index contributed by atoms with van der Waals surface area (Å²) in [5.41, 5.74) is 1.01. The topological polar surface area (TPSA) is 12.5 Å². The van der Waals surface area contributed by atoms with Gasteiger partial charge >= 0.3 is 0 Å². The van der Waals surface area contributed by atoms with Crippen LogP contribution in [0, 0.1) is 5.41 Å². The van der Waals surface area contributed by atoms with E-state index in [1.807, 2.05) is 38.1 Å². The highest BCUT2D eigenvalue weighted by atomic mass is 16.5. The first kappa shape index (κ1) is 12.8. The molecule has 0 aliphatic carbocycles. The minimum atomic E-state index is -0.0422. The molecule has 0 unspecified atom stereocenters. The molecule has 0 fully saturated rings. The van der Waals surface area contributed by atoms with Gasteiger partial charge in [0.15, 0.2) is 0 Å². The largest absolute Gasteiger partial charge is 0.471 e. The molecule has 80 valence electrons. The Labute approximate surface area is 87.6 Å². The van der Waals surface area contributed by atoms with Crippen molar-refractivity contribution < 1.29 is 4.74 Å². The SMILES string of the molecule is C=C1N(C)/C=C\O/C=C\C1(C)C.CC. The summed E-state index contributed by atoms with van der Waals surface area (Å²) in [5, 5.41) is 0. The van der Waals surface area contributed by atoms with Gasteiger partial charge in [-0.25, -0.2) is 0 Å².